The van der Waals surface area contributed by atoms with E-state index in [-0.39, 0.29) is 11.8 Å². The molecule has 3 atom stereocenters. The Bertz CT molecular complexity index is 468. The van der Waals surface area contributed by atoms with Crippen molar-refractivity contribution in [3.05, 3.63) is 34.9 Å². The van der Waals surface area contributed by atoms with Crippen molar-refractivity contribution >= 4 is 17.5 Å². The minimum atomic E-state index is 0.140. The zero-order valence-corrected chi connectivity index (χ0v) is 12.2. The van der Waals surface area contributed by atoms with Crippen LogP contribution in [-0.2, 0) is 9.53 Å². The van der Waals surface area contributed by atoms with Gasteiger partial charge in [-0.15, -0.1) is 0 Å². The molecule has 2 fully saturated rings. The van der Waals surface area contributed by atoms with Crippen LogP contribution in [0, 0.1) is 5.92 Å². The zero-order valence-electron chi connectivity index (χ0n) is 11.5. The van der Waals surface area contributed by atoms with Crippen LogP contribution in [0.2, 0.25) is 5.02 Å². The van der Waals surface area contributed by atoms with Gasteiger partial charge in [-0.3, -0.25) is 4.79 Å². The monoisotopic (exact) mass is 293 g/mol. The molecule has 1 aliphatic heterocycles. The zero-order chi connectivity index (χ0) is 13.9. The summed E-state index contributed by atoms with van der Waals surface area (Å²) in [4.78, 5) is 12.1. The van der Waals surface area contributed by atoms with E-state index in [0.29, 0.717) is 12.0 Å². The summed E-state index contributed by atoms with van der Waals surface area (Å²) in [5.74, 6) is 0.693. The Labute approximate surface area is 124 Å². The molecule has 0 aromatic heterocycles. The summed E-state index contributed by atoms with van der Waals surface area (Å²) in [6.07, 6.45) is 4.52. The van der Waals surface area contributed by atoms with Crippen LogP contribution in [0.15, 0.2) is 24.3 Å². The topological polar surface area (TPSA) is 38.3 Å². The largest absolute Gasteiger partial charge is 0.378 e. The lowest BCUT2D eigenvalue weighted by molar-refractivity contribution is -0.122. The number of halogens is 1. The molecule has 1 saturated carbocycles. The molecule has 3 rings (SSSR count). The maximum atomic E-state index is 12.1. The molecule has 0 unspecified atom stereocenters. The summed E-state index contributed by atoms with van der Waals surface area (Å²) < 4.78 is 5.55. The number of benzene rings is 1. The predicted molar refractivity (Wildman–Crippen MR) is 78.9 cm³/mol. The first-order chi connectivity index (χ1) is 9.74. The molecular formula is C16H20ClNO2. The van der Waals surface area contributed by atoms with Crippen LogP contribution in [0.5, 0.6) is 0 Å². The number of ether oxygens (including phenoxy) is 1. The smallest absolute Gasteiger partial charge is 0.223 e. The van der Waals surface area contributed by atoms with Crippen molar-refractivity contribution in [2.75, 3.05) is 13.2 Å². The second kappa shape index (κ2) is 6.15. The maximum Gasteiger partial charge on any atom is 0.223 e. The molecule has 1 aromatic carbocycles. The lowest BCUT2D eigenvalue weighted by Gasteiger charge is -2.10. The average molecular weight is 294 g/mol. The highest BCUT2D eigenvalue weighted by Crippen LogP contribution is 2.47. The summed E-state index contributed by atoms with van der Waals surface area (Å²) in [7, 11) is 0. The van der Waals surface area contributed by atoms with Crippen molar-refractivity contribution in [1.29, 1.82) is 0 Å². The molecule has 1 amide bonds. The van der Waals surface area contributed by atoms with Crippen molar-refractivity contribution in [2.45, 2.75) is 37.7 Å². The van der Waals surface area contributed by atoms with Gasteiger partial charge in [0.25, 0.3) is 0 Å². The molecule has 3 nitrogen and oxygen atoms in total. The highest BCUT2D eigenvalue weighted by molar-refractivity contribution is 6.30. The lowest BCUT2D eigenvalue weighted by Crippen LogP contribution is -2.28. The number of amides is 1. The van der Waals surface area contributed by atoms with Gasteiger partial charge in [-0.25, -0.2) is 0 Å². The molecule has 20 heavy (non-hydrogen) atoms. The second-order valence-electron chi connectivity index (χ2n) is 5.71. The Hall–Kier alpha value is -1.06. The minimum absolute atomic E-state index is 0.140. The molecule has 108 valence electrons. The second-order valence-corrected chi connectivity index (χ2v) is 6.15. The third kappa shape index (κ3) is 3.33. The third-order valence-electron chi connectivity index (χ3n) is 4.21. The molecule has 0 radical (unpaired) electrons. The van der Waals surface area contributed by atoms with Gasteiger partial charge in [0.15, 0.2) is 0 Å². The Balaban J connectivity index is 1.41. The average Bonchev–Trinajstić information content (AvgIpc) is 3.08. The van der Waals surface area contributed by atoms with E-state index in [1.165, 1.54) is 5.56 Å². The number of carbonyl (C=O) groups excluding carboxylic acids is 1. The van der Waals surface area contributed by atoms with Crippen LogP contribution in [0.3, 0.4) is 0 Å². The van der Waals surface area contributed by atoms with Gasteiger partial charge >= 0.3 is 0 Å². The van der Waals surface area contributed by atoms with E-state index < -0.39 is 0 Å². The maximum absolute atomic E-state index is 12.1. The molecular weight excluding hydrogens is 274 g/mol. The molecule has 1 aliphatic carbocycles. The van der Waals surface area contributed by atoms with Crippen LogP contribution in [0.25, 0.3) is 0 Å². The molecule has 2 aliphatic rings. The fraction of sp³-hybridized carbons (Fsp3) is 0.562. The highest BCUT2D eigenvalue weighted by Gasteiger charge is 2.43. The van der Waals surface area contributed by atoms with Crippen LogP contribution < -0.4 is 5.32 Å². The predicted octanol–water partition coefficient (Wildman–Crippen LogP) is 3.13. The standard InChI is InChI=1S/C16H20ClNO2/c17-12-5-3-11(4-6-12)14-10-15(14)16(19)18-8-7-13-2-1-9-20-13/h3-6,13-15H,1-2,7-10H2,(H,18,19)/t13-,14-,15-/m0/s1. The van der Waals surface area contributed by atoms with Crippen LogP contribution in [0.4, 0.5) is 0 Å². The summed E-state index contributed by atoms with van der Waals surface area (Å²) in [5, 5.41) is 3.78. The molecule has 1 aromatic rings. The molecule has 1 saturated heterocycles. The summed E-state index contributed by atoms with van der Waals surface area (Å²) in [6, 6.07) is 7.82. The Morgan fingerprint density at radius 2 is 2.15 bits per heavy atom. The fourth-order valence-electron chi connectivity index (χ4n) is 2.92. The van der Waals surface area contributed by atoms with Crippen molar-refractivity contribution < 1.29 is 9.53 Å². The number of carbonyl (C=O) groups is 1. The van der Waals surface area contributed by atoms with Gasteiger partial charge in [0.05, 0.1) is 6.10 Å². The summed E-state index contributed by atoms with van der Waals surface area (Å²) in [6.45, 7) is 1.60. The van der Waals surface area contributed by atoms with Gasteiger partial charge in [0.2, 0.25) is 5.91 Å². The van der Waals surface area contributed by atoms with Crippen molar-refractivity contribution in [3.63, 3.8) is 0 Å². The first-order valence-electron chi connectivity index (χ1n) is 7.39. The minimum Gasteiger partial charge on any atom is -0.378 e. The van der Waals surface area contributed by atoms with E-state index in [9.17, 15) is 4.79 Å². The molecule has 0 bridgehead atoms. The summed E-state index contributed by atoms with van der Waals surface area (Å²) >= 11 is 5.88. The SMILES string of the molecule is O=C(NCC[C@@H]1CCCO1)[C@H]1C[C@H]1c1ccc(Cl)cc1. The number of rotatable bonds is 5. The van der Waals surface area contributed by atoms with Gasteiger partial charge < -0.3 is 10.1 Å². The van der Waals surface area contributed by atoms with E-state index in [2.05, 4.69) is 5.32 Å². The molecule has 1 heterocycles. The first-order valence-corrected chi connectivity index (χ1v) is 7.76. The molecule has 4 heteroatoms. The van der Waals surface area contributed by atoms with E-state index >= 15 is 0 Å². The van der Waals surface area contributed by atoms with Gasteiger partial charge in [-0.05, 0) is 49.3 Å². The van der Waals surface area contributed by atoms with Gasteiger partial charge in [-0.1, -0.05) is 23.7 Å². The fourth-order valence-corrected chi connectivity index (χ4v) is 3.05. The van der Waals surface area contributed by atoms with Crippen LogP contribution >= 0.6 is 11.6 Å². The number of hydrogen-bond acceptors (Lipinski definition) is 2. The lowest BCUT2D eigenvalue weighted by atomic mass is 10.1. The van der Waals surface area contributed by atoms with Crippen LogP contribution in [-0.4, -0.2) is 25.2 Å². The van der Waals surface area contributed by atoms with E-state index in [4.69, 9.17) is 16.3 Å². The highest BCUT2D eigenvalue weighted by atomic mass is 35.5. The van der Waals surface area contributed by atoms with Gasteiger partial charge in [-0.2, -0.15) is 0 Å². The van der Waals surface area contributed by atoms with E-state index in [1.807, 2.05) is 24.3 Å². The number of hydrogen-bond donors (Lipinski definition) is 1. The van der Waals surface area contributed by atoms with Gasteiger partial charge in [0, 0.05) is 24.1 Å². The molecule has 1 N–H and O–H groups in total. The van der Waals surface area contributed by atoms with E-state index in [1.54, 1.807) is 0 Å². The quantitative estimate of drug-likeness (QED) is 0.906. The normalized spacial score (nSPS) is 28.4. The van der Waals surface area contributed by atoms with Crippen molar-refractivity contribution in [3.8, 4) is 0 Å². The van der Waals surface area contributed by atoms with E-state index in [0.717, 1.165) is 43.9 Å². The van der Waals surface area contributed by atoms with Crippen molar-refractivity contribution in [2.24, 2.45) is 5.92 Å². The van der Waals surface area contributed by atoms with Gasteiger partial charge in [0.1, 0.15) is 0 Å². The first kappa shape index (κ1) is 13.9. The number of nitrogens with one attached hydrogen (secondary N) is 1. The Morgan fingerprint density at radius 1 is 1.35 bits per heavy atom. The Morgan fingerprint density at radius 3 is 2.85 bits per heavy atom. The molecule has 0 spiro atoms. The Kier molecular flexibility index (Phi) is 4.27. The summed E-state index contributed by atoms with van der Waals surface area (Å²) in [5.41, 5.74) is 1.22. The van der Waals surface area contributed by atoms with Crippen LogP contribution in [0.1, 0.15) is 37.2 Å². The van der Waals surface area contributed by atoms with Crippen molar-refractivity contribution in [1.82, 2.24) is 5.32 Å². The third-order valence-corrected chi connectivity index (χ3v) is 4.47.